The van der Waals surface area contributed by atoms with Crippen molar-refractivity contribution < 1.29 is 13.2 Å². The van der Waals surface area contributed by atoms with Gasteiger partial charge in [-0.1, -0.05) is 49.0 Å². The van der Waals surface area contributed by atoms with Crippen LogP contribution < -0.4 is 10.0 Å². The highest BCUT2D eigenvalue weighted by atomic mass is 32.2. The van der Waals surface area contributed by atoms with E-state index in [1.807, 2.05) is 19.1 Å². The molecule has 2 unspecified atom stereocenters. The minimum Gasteiger partial charge on any atom is -0.325 e. The molecular weight excluding hydrogens is 581 g/mol. The number of pyridine rings is 1. The topological polar surface area (TPSA) is 138 Å². The number of nitriles is 1. The molecule has 5 rings (SSSR count). The summed E-state index contributed by atoms with van der Waals surface area (Å²) in [7, 11) is -3.92. The molecule has 2 aromatic carbocycles. The van der Waals surface area contributed by atoms with Gasteiger partial charge in [0.2, 0.25) is 11.9 Å². The van der Waals surface area contributed by atoms with E-state index in [0.717, 1.165) is 30.5 Å². The van der Waals surface area contributed by atoms with Crippen LogP contribution in [0.3, 0.4) is 0 Å². The zero-order chi connectivity index (χ0) is 30.6. The zero-order valence-electron chi connectivity index (χ0n) is 24.2. The average molecular weight is 613 g/mol. The molecule has 1 aliphatic carbocycles. The minimum atomic E-state index is -3.92. The predicted octanol–water partition coefficient (Wildman–Crippen LogP) is 5.94. The molecule has 0 bridgehead atoms. The van der Waals surface area contributed by atoms with Crippen LogP contribution in [0.4, 0.5) is 11.6 Å². The van der Waals surface area contributed by atoms with Crippen molar-refractivity contribution in [2.45, 2.75) is 67.5 Å². The van der Waals surface area contributed by atoms with Gasteiger partial charge in [0.1, 0.15) is 11.1 Å². The van der Waals surface area contributed by atoms with Crippen LogP contribution in [-0.2, 0) is 27.7 Å². The second-order valence-electron chi connectivity index (χ2n) is 10.5. The van der Waals surface area contributed by atoms with Crippen LogP contribution >= 0.6 is 11.8 Å². The van der Waals surface area contributed by atoms with Gasteiger partial charge in [0.05, 0.1) is 15.7 Å². The Balaban J connectivity index is 1.26. The van der Waals surface area contributed by atoms with Gasteiger partial charge in [0.15, 0.2) is 0 Å². The number of sulfonamides is 1. The van der Waals surface area contributed by atoms with Crippen LogP contribution in [0.25, 0.3) is 0 Å². The fourth-order valence-electron chi connectivity index (χ4n) is 5.17. The van der Waals surface area contributed by atoms with Gasteiger partial charge in [-0.25, -0.2) is 28.1 Å². The third-order valence-corrected chi connectivity index (χ3v) is 10.0. The quantitative estimate of drug-likeness (QED) is 0.222. The Morgan fingerprint density at radius 2 is 1.74 bits per heavy atom. The molecular formula is C32H32N6O3S2. The van der Waals surface area contributed by atoms with Crippen LogP contribution in [0.2, 0.25) is 0 Å². The van der Waals surface area contributed by atoms with Crippen LogP contribution in [0.1, 0.15) is 59.5 Å². The summed E-state index contributed by atoms with van der Waals surface area (Å²) in [5.74, 6) is 0.144. The van der Waals surface area contributed by atoms with E-state index in [9.17, 15) is 18.5 Å². The lowest BCUT2D eigenvalue weighted by Gasteiger charge is -2.25. The van der Waals surface area contributed by atoms with Crippen molar-refractivity contribution in [2.24, 2.45) is 0 Å². The van der Waals surface area contributed by atoms with Crippen molar-refractivity contribution >= 4 is 39.3 Å². The Morgan fingerprint density at radius 1 is 1.05 bits per heavy atom. The lowest BCUT2D eigenvalue weighted by molar-refractivity contribution is -0.115. The van der Waals surface area contributed by atoms with Gasteiger partial charge in [0, 0.05) is 22.8 Å². The number of nitrogens with one attached hydrogen (secondary N) is 2. The lowest BCUT2D eigenvalue weighted by atomic mass is 9.82. The van der Waals surface area contributed by atoms with E-state index in [-0.39, 0.29) is 16.8 Å². The fourth-order valence-corrected chi connectivity index (χ4v) is 7.11. The standard InChI is InChI=1S/C32H32N6O3S2/c1-4-29(42-31-25(19-33)18-24-17-23(10-15-28(24)37-31)22-8-6-5-7-9-22)30(39)36-26-11-13-27(14-12-26)43(40,41)38-32-34-20(2)16-21(3)35-32/h5-9,11-14,16,18,23,29H,4,10,15,17H2,1-3H3,(H,36,39)(H,34,35,38). The summed E-state index contributed by atoms with van der Waals surface area (Å²) >= 11 is 1.28. The highest BCUT2D eigenvalue weighted by Crippen LogP contribution is 2.36. The largest absolute Gasteiger partial charge is 0.325 e. The third kappa shape index (κ3) is 7.21. The van der Waals surface area contributed by atoms with Crippen LogP contribution in [0.15, 0.2) is 76.7 Å². The number of carbonyl (C=O) groups is 1. The molecule has 4 aromatic rings. The molecule has 2 atom stereocenters. The molecule has 0 saturated heterocycles. The van der Waals surface area contributed by atoms with Crippen LogP contribution in [0.5, 0.6) is 0 Å². The smallest absolute Gasteiger partial charge is 0.264 e. The Morgan fingerprint density at radius 3 is 2.40 bits per heavy atom. The summed E-state index contributed by atoms with van der Waals surface area (Å²) in [6, 6.07) is 22.3. The first-order valence-corrected chi connectivity index (χ1v) is 16.4. The molecule has 0 fully saturated rings. The SMILES string of the molecule is CCC(Sc1nc2c(cc1C#N)CC(c1ccccc1)CC2)C(=O)Nc1ccc(S(=O)(=O)Nc2nc(C)cc(C)n2)cc1. The third-order valence-electron chi connectivity index (χ3n) is 7.30. The number of carbonyl (C=O) groups excluding carboxylic acids is 1. The van der Waals surface area contributed by atoms with E-state index < -0.39 is 15.3 Å². The maximum Gasteiger partial charge on any atom is 0.264 e. The number of hydrogen-bond donors (Lipinski definition) is 2. The van der Waals surface area contributed by atoms with Gasteiger partial charge < -0.3 is 5.32 Å². The first kappa shape index (κ1) is 30.2. The average Bonchev–Trinajstić information content (AvgIpc) is 2.99. The normalized spacial score (nSPS) is 15.2. The molecule has 0 saturated carbocycles. The Bertz CT molecular complexity index is 1770. The van der Waals surface area contributed by atoms with Crippen LogP contribution in [0, 0.1) is 25.2 Å². The van der Waals surface area contributed by atoms with Gasteiger partial charge >= 0.3 is 0 Å². The van der Waals surface area contributed by atoms with Crippen molar-refractivity contribution in [1.29, 1.82) is 5.26 Å². The monoisotopic (exact) mass is 612 g/mol. The van der Waals surface area contributed by atoms with Gasteiger partial charge in [-0.15, -0.1) is 0 Å². The zero-order valence-corrected chi connectivity index (χ0v) is 25.8. The molecule has 2 aromatic heterocycles. The van der Waals surface area contributed by atoms with E-state index in [4.69, 9.17) is 4.98 Å². The van der Waals surface area contributed by atoms with E-state index in [1.54, 1.807) is 19.9 Å². The molecule has 9 nitrogen and oxygen atoms in total. The summed E-state index contributed by atoms with van der Waals surface area (Å²) < 4.78 is 28.1. The first-order chi connectivity index (χ1) is 20.6. The summed E-state index contributed by atoms with van der Waals surface area (Å²) in [6.45, 7) is 5.42. The maximum absolute atomic E-state index is 13.2. The number of amides is 1. The summed E-state index contributed by atoms with van der Waals surface area (Å²) in [5.41, 5.74) is 5.60. The van der Waals surface area contributed by atoms with Crippen molar-refractivity contribution in [1.82, 2.24) is 15.0 Å². The number of aromatic nitrogens is 3. The number of rotatable bonds is 9. The number of anilines is 2. The number of aryl methyl sites for hydroxylation is 3. The minimum absolute atomic E-state index is 0.00114. The second kappa shape index (κ2) is 12.9. The lowest BCUT2D eigenvalue weighted by Crippen LogP contribution is -2.25. The number of hydrogen-bond acceptors (Lipinski definition) is 8. The van der Waals surface area contributed by atoms with E-state index in [1.165, 1.54) is 41.6 Å². The number of benzene rings is 2. The van der Waals surface area contributed by atoms with Crippen molar-refractivity contribution in [3.63, 3.8) is 0 Å². The van der Waals surface area contributed by atoms with Gasteiger partial charge in [-0.3, -0.25) is 4.79 Å². The molecule has 220 valence electrons. The molecule has 1 amide bonds. The van der Waals surface area contributed by atoms with E-state index in [2.05, 4.69) is 50.3 Å². The highest BCUT2D eigenvalue weighted by molar-refractivity contribution is 8.00. The Labute approximate surface area is 256 Å². The number of thioether (sulfide) groups is 1. The molecule has 0 aliphatic heterocycles. The fraction of sp³-hybridized carbons (Fsp3) is 0.281. The molecule has 2 heterocycles. The highest BCUT2D eigenvalue weighted by Gasteiger charge is 2.26. The summed E-state index contributed by atoms with van der Waals surface area (Å²) in [4.78, 5) is 26.4. The molecule has 1 aliphatic rings. The molecule has 0 spiro atoms. The van der Waals surface area contributed by atoms with Crippen molar-refractivity contribution in [3.05, 3.63) is 101 Å². The van der Waals surface area contributed by atoms with Crippen molar-refractivity contribution in [3.8, 4) is 6.07 Å². The van der Waals surface area contributed by atoms with Crippen molar-refractivity contribution in [2.75, 3.05) is 10.0 Å². The van der Waals surface area contributed by atoms with Gasteiger partial charge in [-0.2, -0.15) is 5.26 Å². The van der Waals surface area contributed by atoms with E-state index >= 15 is 0 Å². The van der Waals surface area contributed by atoms with Crippen LogP contribution in [-0.4, -0.2) is 34.5 Å². The molecule has 11 heteroatoms. The predicted molar refractivity (Wildman–Crippen MR) is 167 cm³/mol. The molecule has 0 radical (unpaired) electrons. The Kier molecular flexibility index (Phi) is 9.08. The first-order valence-electron chi connectivity index (χ1n) is 14.1. The molecule has 2 N–H and O–H groups in total. The van der Waals surface area contributed by atoms with Gasteiger partial charge in [0.25, 0.3) is 10.0 Å². The maximum atomic E-state index is 13.2. The Hall–Kier alpha value is -4.27. The number of fused-ring (bicyclic) bond motifs is 1. The molecule has 43 heavy (non-hydrogen) atoms. The summed E-state index contributed by atoms with van der Waals surface area (Å²) in [5, 5.41) is 12.8. The van der Waals surface area contributed by atoms with E-state index in [0.29, 0.717) is 40.0 Å². The number of nitrogens with zero attached hydrogens (tertiary/aromatic N) is 4. The second-order valence-corrected chi connectivity index (χ2v) is 13.4. The van der Waals surface area contributed by atoms with Gasteiger partial charge in [-0.05, 0) is 93.0 Å². The summed E-state index contributed by atoms with van der Waals surface area (Å²) in [6.07, 6.45) is 3.15.